The third-order valence-corrected chi connectivity index (χ3v) is 3.23. The van der Waals surface area contributed by atoms with Gasteiger partial charge >= 0.3 is 0 Å². The molecular weight excluding hydrogens is 216 g/mol. The quantitative estimate of drug-likeness (QED) is 0.694. The first-order valence-electron chi connectivity index (χ1n) is 4.44. The Morgan fingerprint density at radius 1 is 1.73 bits per heavy atom. The van der Waals surface area contributed by atoms with E-state index >= 15 is 0 Å². The molecule has 0 amide bonds. The normalized spacial score (nSPS) is 11.5. The molecule has 15 heavy (non-hydrogen) atoms. The number of nitrogens with one attached hydrogen (secondary N) is 1. The second-order valence-electron chi connectivity index (χ2n) is 2.87. The summed E-state index contributed by atoms with van der Waals surface area (Å²) in [6, 6.07) is 0. The van der Waals surface area contributed by atoms with Gasteiger partial charge in [0, 0.05) is 19.3 Å². The maximum absolute atomic E-state index is 11.6. The molecule has 1 aromatic heterocycles. The Morgan fingerprint density at radius 3 is 2.87 bits per heavy atom. The number of sulfonamides is 1. The molecule has 1 aromatic rings. The Labute approximate surface area is 88.8 Å². The fraction of sp³-hybridized carbons (Fsp3) is 0.375. The number of nitrogens with two attached hydrogens (primary N) is 1. The number of nitrogens with zero attached hydrogens (tertiary/aromatic N) is 2. The Kier molecular flexibility index (Phi) is 3.48. The highest BCUT2D eigenvalue weighted by molar-refractivity contribution is 7.89. The molecule has 1 rings (SSSR count). The molecule has 0 spiro atoms. The Balaban J connectivity index is 3.03. The van der Waals surface area contributed by atoms with E-state index < -0.39 is 10.0 Å². The lowest BCUT2D eigenvalue weighted by molar-refractivity contribution is 0.585. The topological polar surface area (TPSA) is 90.0 Å². The van der Waals surface area contributed by atoms with E-state index in [1.165, 1.54) is 17.0 Å². The zero-order valence-corrected chi connectivity index (χ0v) is 9.29. The van der Waals surface area contributed by atoms with E-state index in [9.17, 15) is 8.42 Å². The number of aryl methyl sites for hydroxylation is 1. The molecule has 0 unspecified atom stereocenters. The van der Waals surface area contributed by atoms with Crippen LogP contribution in [0.1, 0.15) is 6.92 Å². The molecule has 0 aliphatic carbocycles. The molecule has 0 atom stereocenters. The summed E-state index contributed by atoms with van der Waals surface area (Å²) < 4.78 is 27.1. The van der Waals surface area contributed by atoms with Crippen molar-refractivity contribution in [2.24, 2.45) is 0 Å². The van der Waals surface area contributed by atoms with Crippen LogP contribution in [-0.4, -0.2) is 24.7 Å². The highest BCUT2D eigenvalue weighted by Gasteiger charge is 2.19. The minimum Gasteiger partial charge on any atom is -0.381 e. The van der Waals surface area contributed by atoms with Crippen LogP contribution in [0, 0.1) is 0 Å². The van der Waals surface area contributed by atoms with Crippen molar-refractivity contribution in [1.29, 1.82) is 0 Å². The van der Waals surface area contributed by atoms with Gasteiger partial charge in [-0.3, -0.25) is 4.68 Å². The lowest BCUT2D eigenvalue weighted by Gasteiger charge is -2.01. The van der Waals surface area contributed by atoms with Crippen LogP contribution in [0.4, 0.5) is 5.82 Å². The zero-order valence-electron chi connectivity index (χ0n) is 8.47. The van der Waals surface area contributed by atoms with E-state index in [4.69, 9.17) is 5.73 Å². The van der Waals surface area contributed by atoms with Crippen molar-refractivity contribution in [2.75, 3.05) is 12.3 Å². The van der Waals surface area contributed by atoms with Crippen LogP contribution in [0.15, 0.2) is 23.7 Å². The van der Waals surface area contributed by atoms with Gasteiger partial charge in [-0.2, -0.15) is 5.10 Å². The number of anilines is 1. The van der Waals surface area contributed by atoms with Gasteiger partial charge in [0.15, 0.2) is 5.82 Å². The average molecular weight is 230 g/mol. The van der Waals surface area contributed by atoms with Crippen molar-refractivity contribution in [1.82, 2.24) is 14.5 Å². The van der Waals surface area contributed by atoms with Crippen molar-refractivity contribution >= 4 is 15.8 Å². The molecule has 0 fully saturated rings. The van der Waals surface area contributed by atoms with Crippen LogP contribution in [0.3, 0.4) is 0 Å². The van der Waals surface area contributed by atoms with Gasteiger partial charge in [-0.05, 0) is 6.92 Å². The summed E-state index contributed by atoms with van der Waals surface area (Å²) in [5, 5.41) is 3.85. The monoisotopic (exact) mass is 230 g/mol. The van der Waals surface area contributed by atoms with Crippen LogP contribution in [0.25, 0.3) is 0 Å². The van der Waals surface area contributed by atoms with E-state index in [1.807, 2.05) is 6.92 Å². The van der Waals surface area contributed by atoms with Crippen LogP contribution >= 0.6 is 0 Å². The van der Waals surface area contributed by atoms with Gasteiger partial charge in [0.2, 0.25) is 10.0 Å². The summed E-state index contributed by atoms with van der Waals surface area (Å²) in [6.07, 6.45) is 2.86. The summed E-state index contributed by atoms with van der Waals surface area (Å²) in [6.45, 7) is 6.01. The average Bonchev–Trinajstić information content (AvgIpc) is 2.57. The standard InChI is InChI=1S/C8H14N4O2S/c1-3-5-10-15(13,14)7-6-12(4-2)11-8(7)9/h3,6,10H,1,4-5H2,2H3,(H2,9,11). The van der Waals surface area contributed by atoms with Crippen molar-refractivity contribution in [3.63, 3.8) is 0 Å². The van der Waals surface area contributed by atoms with Gasteiger partial charge in [0.25, 0.3) is 0 Å². The van der Waals surface area contributed by atoms with Gasteiger partial charge in [0.1, 0.15) is 4.90 Å². The summed E-state index contributed by atoms with van der Waals surface area (Å²) in [5.74, 6) is 0.00779. The number of nitrogen functional groups attached to an aromatic ring is 1. The maximum Gasteiger partial charge on any atom is 0.246 e. The molecule has 0 saturated heterocycles. The van der Waals surface area contributed by atoms with Crippen LogP contribution in [0.5, 0.6) is 0 Å². The second-order valence-corrected chi connectivity index (χ2v) is 4.61. The fourth-order valence-corrected chi connectivity index (χ4v) is 2.10. The van der Waals surface area contributed by atoms with Crippen molar-refractivity contribution in [3.8, 4) is 0 Å². The highest BCUT2D eigenvalue weighted by Crippen LogP contribution is 2.15. The lowest BCUT2D eigenvalue weighted by Crippen LogP contribution is -2.24. The molecule has 0 radical (unpaired) electrons. The van der Waals surface area contributed by atoms with Gasteiger partial charge in [-0.15, -0.1) is 6.58 Å². The first-order valence-corrected chi connectivity index (χ1v) is 5.93. The third-order valence-electron chi connectivity index (χ3n) is 1.79. The molecule has 6 nitrogen and oxygen atoms in total. The molecule has 3 N–H and O–H groups in total. The Hall–Kier alpha value is -1.34. The van der Waals surface area contributed by atoms with E-state index in [0.29, 0.717) is 6.54 Å². The van der Waals surface area contributed by atoms with Crippen molar-refractivity contribution < 1.29 is 8.42 Å². The number of hydrogen-bond donors (Lipinski definition) is 2. The van der Waals surface area contributed by atoms with E-state index in [0.717, 1.165) is 0 Å². The number of hydrogen-bond acceptors (Lipinski definition) is 4. The van der Waals surface area contributed by atoms with Crippen molar-refractivity contribution in [2.45, 2.75) is 18.4 Å². The second kappa shape index (κ2) is 4.45. The molecule has 1 heterocycles. The van der Waals surface area contributed by atoms with E-state index in [-0.39, 0.29) is 17.3 Å². The number of aromatic nitrogens is 2. The summed E-state index contributed by atoms with van der Waals surface area (Å²) in [5.41, 5.74) is 5.50. The van der Waals surface area contributed by atoms with Gasteiger partial charge in [-0.1, -0.05) is 6.08 Å². The van der Waals surface area contributed by atoms with Crippen LogP contribution in [-0.2, 0) is 16.6 Å². The summed E-state index contributed by atoms with van der Waals surface area (Å²) >= 11 is 0. The Morgan fingerprint density at radius 2 is 2.40 bits per heavy atom. The Bertz CT molecular complexity index is 449. The van der Waals surface area contributed by atoms with Gasteiger partial charge in [0.05, 0.1) is 0 Å². The molecule has 0 bridgehead atoms. The number of rotatable bonds is 5. The highest BCUT2D eigenvalue weighted by atomic mass is 32.2. The van der Waals surface area contributed by atoms with Gasteiger partial charge in [-0.25, -0.2) is 13.1 Å². The predicted molar refractivity (Wildman–Crippen MR) is 57.7 cm³/mol. The van der Waals surface area contributed by atoms with Crippen LogP contribution in [0.2, 0.25) is 0 Å². The maximum atomic E-state index is 11.6. The first-order chi connectivity index (χ1) is 7.01. The molecular formula is C8H14N4O2S. The van der Waals surface area contributed by atoms with Crippen molar-refractivity contribution in [3.05, 3.63) is 18.9 Å². The molecule has 0 aliphatic heterocycles. The molecule has 84 valence electrons. The first kappa shape index (κ1) is 11.7. The SMILES string of the molecule is C=CCNS(=O)(=O)c1cn(CC)nc1N. The van der Waals surface area contributed by atoms with E-state index in [1.54, 1.807) is 0 Å². The minimum absolute atomic E-state index is 0.00574. The third kappa shape index (κ3) is 2.57. The predicted octanol–water partition coefficient (Wildman–Crippen LogP) is -0.0505. The fourth-order valence-electron chi connectivity index (χ4n) is 1.03. The smallest absolute Gasteiger partial charge is 0.246 e. The summed E-state index contributed by atoms with van der Waals surface area (Å²) in [4.78, 5) is 0.00574. The minimum atomic E-state index is -3.57. The van der Waals surface area contributed by atoms with Crippen LogP contribution < -0.4 is 10.5 Å². The largest absolute Gasteiger partial charge is 0.381 e. The zero-order chi connectivity index (χ0) is 11.5. The lowest BCUT2D eigenvalue weighted by atomic mass is 10.6. The molecule has 0 aromatic carbocycles. The molecule has 0 aliphatic rings. The summed E-state index contributed by atoms with van der Waals surface area (Å²) in [7, 11) is -3.57. The molecule has 7 heteroatoms. The van der Waals surface area contributed by atoms with E-state index in [2.05, 4.69) is 16.4 Å². The van der Waals surface area contributed by atoms with Gasteiger partial charge < -0.3 is 5.73 Å². The molecule has 0 saturated carbocycles.